The number of carbonyl (C=O) groups excluding carboxylic acids is 1. The Hall–Kier alpha value is -1.49. The van der Waals surface area contributed by atoms with E-state index < -0.39 is 28.8 Å². The van der Waals surface area contributed by atoms with Gasteiger partial charge in [-0.1, -0.05) is 30.3 Å². The summed E-state index contributed by atoms with van der Waals surface area (Å²) in [7, 11) is 0. The number of amides is 1. The second kappa shape index (κ2) is 5.26. The average Bonchev–Trinajstić information content (AvgIpc) is 3.16. The zero-order chi connectivity index (χ0) is 17.9. The molecule has 0 saturated heterocycles. The maximum absolute atomic E-state index is 14.7. The molecule has 3 fully saturated rings. The van der Waals surface area contributed by atoms with E-state index in [-0.39, 0.29) is 24.7 Å². The Balaban J connectivity index is 1.78. The Morgan fingerprint density at radius 2 is 1.80 bits per heavy atom. The lowest BCUT2D eigenvalue weighted by atomic mass is 9.61. The zero-order valence-electron chi connectivity index (χ0n) is 14.3. The smallest absolute Gasteiger partial charge is 0.227 e. The van der Waals surface area contributed by atoms with Crippen LogP contribution in [-0.4, -0.2) is 22.9 Å². The van der Waals surface area contributed by atoms with Gasteiger partial charge in [-0.15, -0.1) is 0 Å². The van der Waals surface area contributed by atoms with Crippen LogP contribution in [0.4, 0.5) is 8.78 Å². The Bertz CT molecular complexity index is 686. The van der Waals surface area contributed by atoms with E-state index >= 15 is 0 Å². The second-order valence-corrected chi connectivity index (χ2v) is 8.68. The van der Waals surface area contributed by atoms with Crippen molar-refractivity contribution >= 4 is 5.91 Å². The lowest BCUT2D eigenvalue weighted by molar-refractivity contribution is -0.150. The highest BCUT2D eigenvalue weighted by molar-refractivity contribution is 5.83. The van der Waals surface area contributed by atoms with Crippen LogP contribution < -0.4 is 5.73 Å². The number of nitrogens with two attached hydrogens (primary N) is 1. The van der Waals surface area contributed by atoms with Crippen LogP contribution in [0.25, 0.3) is 0 Å². The number of hydrogen-bond donors (Lipinski definition) is 2. The van der Waals surface area contributed by atoms with Gasteiger partial charge in [0.25, 0.3) is 0 Å². The molecule has 2 bridgehead atoms. The van der Waals surface area contributed by atoms with Crippen LogP contribution in [0.2, 0.25) is 0 Å². The Morgan fingerprint density at radius 1 is 1.16 bits per heavy atom. The van der Waals surface area contributed by atoms with Crippen molar-refractivity contribution in [3.8, 4) is 0 Å². The summed E-state index contributed by atoms with van der Waals surface area (Å²) in [6.07, 6.45) is 1.48. The summed E-state index contributed by atoms with van der Waals surface area (Å²) >= 11 is 0. The first-order valence-corrected chi connectivity index (χ1v) is 9.14. The van der Waals surface area contributed by atoms with Crippen molar-refractivity contribution < 1.29 is 18.7 Å². The lowest BCUT2D eigenvalue weighted by Crippen LogP contribution is -2.52. The van der Waals surface area contributed by atoms with E-state index in [9.17, 15) is 18.7 Å². The molecule has 3 aliphatic rings. The Morgan fingerprint density at radius 3 is 2.32 bits per heavy atom. The number of rotatable bonds is 4. The number of aliphatic hydroxyl groups is 1. The minimum Gasteiger partial charge on any atom is -0.384 e. The summed E-state index contributed by atoms with van der Waals surface area (Å²) < 4.78 is 29.2. The minimum absolute atomic E-state index is 0.0885. The molecular weight excluding hydrogens is 324 g/mol. The summed E-state index contributed by atoms with van der Waals surface area (Å²) in [5.41, 5.74) is 1.78. The molecule has 1 amide bonds. The van der Waals surface area contributed by atoms with E-state index in [1.54, 1.807) is 24.3 Å². The van der Waals surface area contributed by atoms with Gasteiger partial charge >= 0.3 is 0 Å². The van der Waals surface area contributed by atoms with Crippen LogP contribution in [0.15, 0.2) is 30.3 Å². The van der Waals surface area contributed by atoms with Crippen molar-refractivity contribution in [3.63, 3.8) is 0 Å². The number of fused-ring (bicyclic) bond motifs is 2. The second-order valence-electron chi connectivity index (χ2n) is 8.68. The number of primary amides is 1. The molecule has 0 radical (unpaired) electrons. The van der Waals surface area contributed by atoms with Crippen molar-refractivity contribution in [2.75, 3.05) is 0 Å². The molecular formula is C20H25F2NO2. The normalized spacial score (nSPS) is 45.8. The quantitative estimate of drug-likeness (QED) is 0.873. The molecule has 3 unspecified atom stereocenters. The number of halogens is 2. The third-order valence-electron chi connectivity index (χ3n) is 7.18. The van der Waals surface area contributed by atoms with E-state index in [1.165, 1.54) is 0 Å². The van der Waals surface area contributed by atoms with Gasteiger partial charge in [0.15, 0.2) is 0 Å². The van der Waals surface area contributed by atoms with E-state index in [4.69, 9.17) is 5.73 Å². The van der Waals surface area contributed by atoms with Crippen LogP contribution in [0.5, 0.6) is 0 Å². The van der Waals surface area contributed by atoms with Gasteiger partial charge in [-0.05, 0) is 55.9 Å². The monoisotopic (exact) mass is 349 g/mol. The highest BCUT2D eigenvalue weighted by Gasteiger charge is 2.67. The van der Waals surface area contributed by atoms with Crippen LogP contribution >= 0.6 is 0 Å². The fraction of sp³-hybridized carbons (Fsp3) is 0.650. The Kier molecular flexibility index (Phi) is 3.56. The van der Waals surface area contributed by atoms with E-state index in [0.717, 1.165) is 0 Å². The topological polar surface area (TPSA) is 63.3 Å². The molecule has 0 heterocycles. The first-order chi connectivity index (χ1) is 11.7. The molecule has 1 aromatic rings. The maximum Gasteiger partial charge on any atom is 0.227 e. The summed E-state index contributed by atoms with van der Waals surface area (Å²) in [5.74, 6) is -0.670. The van der Waals surface area contributed by atoms with Crippen molar-refractivity contribution in [2.45, 2.75) is 68.8 Å². The molecule has 5 heteroatoms. The molecule has 0 aliphatic heterocycles. The van der Waals surface area contributed by atoms with Crippen LogP contribution in [0.1, 0.15) is 56.9 Å². The first kappa shape index (κ1) is 17.0. The molecule has 25 heavy (non-hydrogen) atoms. The number of hydrogen-bond acceptors (Lipinski definition) is 2. The summed E-state index contributed by atoms with van der Waals surface area (Å²) in [6.45, 7) is 0. The highest BCUT2D eigenvalue weighted by atomic mass is 19.1. The molecule has 4 rings (SSSR count). The minimum atomic E-state index is -1.64. The number of alkyl halides is 2. The van der Waals surface area contributed by atoms with Gasteiger partial charge in [0.2, 0.25) is 5.91 Å². The fourth-order valence-corrected chi connectivity index (χ4v) is 5.99. The summed E-state index contributed by atoms with van der Waals surface area (Å²) in [6, 6.07) is 8.78. The maximum atomic E-state index is 14.7. The first-order valence-electron chi connectivity index (χ1n) is 9.14. The average molecular weight is 349 g/mol. The zero-order valence-corrected chi connectivity index (χ0v) is 14.3. The Labute approximate surface area is 146 Å². The van der Waals surface area contributed by atoms with Gasteiger partial charge in [0.05, 0.1) is 5.41 Å². The molecule has 3 atom stereocenters. The molecule has 136 valence electrons. The van der Waals surface area contributed by atoms with Gasteiger partial charge in [0.1, 0.15) is 17.4 Å². The predicted octanol–water partition coefficient (Wildman–Crippen LogP) is 3.54. The third kappa shape index (κ3) is 2.35. The fourth-order valence-electron chi connectivity index (χ4n) is 5.99. The van der Waals surface area contributed by atoms with E-state index in [0.29, 0.717) is 37.7 Å². The molecule has 0 aromatic heterocycles. The predicted molar refractivity (Wildman–Crippen MR) is 90.1 cm³/mol. The molecule has 3 saturated carbocycles. The number of carbonyl (C=O) groups is 1. The molecule has 3 aliphatic carbocycles. The standard InChI is InChI=1S/C20H25F2NO2/c21-15-10-19(16(23)24,13-17-6-8-18(22,12-17)9-7-17)20(25,11-15)14-4-2-1-3-5-14/h1-5,15,25H,6-13H2,(H2,23,24). The molecule has 3 N–H and O–H groups in total. The van der Waals surface area contributed by atoms with Crippen molar-refractivity contribution in [1.29, 1.82) is 0 Å². The lowest BCUT2D eigenvalue weighted by Gasteiger charge is -2.45. The van der Waals surface area contributed by atoms with Crippen LogP contribution in [0, 0.1) is 10.8 Å². The van der Waals surface area contributed by atoms with Gasteiger partial charge in [-0.2, -0.15) is 0 Å². The van der Waals surface area contributed by atoms with Gasteiger partial charge in [0, 0.05) is 6.42 Å². The van der Waals surface area contributed by atoms with Gasteiger partial charge in [-0.3, -0.25) is 4.79 Å². The third-order valence-corrected chi connectivity index (χ3v) is 7.18. The largest absolute Gasteiger partial charge is 0.384 e. The van der Waals surface area contributed by atoms with Crippen LogP contribution in [0.3, 0.4) is 0 Å². The molecule has 3 nitrogen and oxygen atoms in total. The van der Waals surface area contributed by atoms with Crippen molar-refractivity contribution in [3.05, 3.63) is 35.9 Å². The van der Waals surface area contributed by atoms with Crippen molar-refractivity contribution in [1.82, 2.24) is 0 Å². The van der Waals surface area contributed by atoms with Gasteiger partial charge < -0.3 is 10.8 Å². The van der Waals surface area contributed by atoms with Crippen molar-refractivity contribution in [2.24, 2.45) is 16.6 Å². The SMILES string of the molecule is NC(=O)C1(CC23CCC(F)(CC2)C3)CC(F)CC1(O)c1ccccc1. The van der Waals surface area contributed by atoms with E-state index in [2.05, 4.69) is 0 Å². The van der Waals surface area contributed by atoms with E-state index in [1.807, 2.05) is 6.07 Å². The van der Waals surface area contributed by atoms with Crippen LogP contribution in [-0.2, 0) is 10.4 Å². The molecule has 1 aromatic carbocycles. The highest BCUT2D eigenvalue weighted by Crippen LogP contribution is 2.66. The van der Waals surface area contributed by atoms with Gasteiger partial charge in [-0.25, -0.2) is 8.78 Å². The summed E-state index contributed by atoms with van der Waals surface area (Å²) in [4.78, 5) is 12.6. The summed E-state index contributed by atoms with van der Waals surface area (Å²) in [5, 5.41) is 11.5. The number of benzene rings is 1. The molecule has 0 spiro atoms.